The second-order valence-electron chi connectivity index (χ2n) is 5.57. The monoisotopic (exact) mass is 393 g/mol. The van der Waals surface area contributed by atoms with Gasteiger partial charge in [0.1, 0.15) is 0 Å². The van der Waals surface area contributed by atoms with Crippen LogP contribution in [0.4, 0.5) is 18.9 Å². The molecule has 0 radical (unpaired) electrons. The molecule has 1 N–H and O–H groups in total. The number of aromatic nitrogens is 4. The summed E-state index contributed by atoms with van der Waals surface area (Å²) in [7, 11) is 0. The molecule has 3 aromatic rings. The number of rotatable bonds is 5. The highest BCUT2D eigenvalue weighted by Gasteiger charge is 2.30. The highest BCUT2D eigenvalue weighted by atomic mass is 32.2. The van der Waals surface area contributed by atoms with Gasteiger partial charge in [-0.3, -0.25) is 4.79 Å². The molecule has 2 aromatic carbocycles. The molecule has 0 aliphatic heterocycles. The van der Waals surface area contributed by atoms with E-state index in [4.69, 9.17) is 0 Å². The number of nitrogens with one attached hydrogen (secondary N) is 1. The second-order valence-corrected chi connectivity index (χ2v) is 6.51. The maximum atomic E-state index is 12.6. The van der Waals surface area contributed by atoms with E-state index < -0.39 is 11.7 Å². The second kappa shape index (κ2) is 7.78. The van der Waals surface area contributed by atoms with Gasteiger partial charge in [0.15, 0.2) is 0 Å². The Morgan fingerprint density at radius 1 is 1.15 bits per heavy atom. The van der Waals surface area contributed by atoms with Crippen LogP contribution in [0.3, 0.4) is 0 Å². The van der Waals surface area contributed by atoms with Gasteiger partial charge in [-0.05, 0) is 53.2 Å². The van der Waals surface area contributed by atoms with Crippen molar-refractivity contribution in [2.24, 2.45) is 0 Å². The van der Waals surface area contributed by atoms with Crippen LogP contribution in [0.5, 0.6) is 0 Å². The fraction of sp³-hybridized carbons (Fsp3) is 0.176. The van der Waals surface area contributed by atoms with Crippen molar-refractivity contribution in [3.8, 4) is 5.69 Å². The zero-order chi connectivity index (χ0) is 19.4. The lowest BCUT2D eigenvalue weighted by Gasteiger charge is -2.09. The molecule has 1 amide bonds. The lowest BCUT2D eigenvalue weighted by molar-refractivity contribution is -0.137. The van der Waals surface area contributed by atoms with Crippen molar-refractivity contribution in [3.63, 3.8) is 0 Å². The predicted molar refractivity (Wildman–Crippen MR) is 94.7 cm³/mol. The summed E-state index contributed by atoms with van der Waals surface area (Å²) < 4.78 is 39.2. The molecule has 1 heterocycles. The highest BCUT2D eigenvalue weighted by Crippen LogP contribution is 2.30. The normalized spacial score (nSPS) is 11.4. The van der Waals surface area contributed by atoms with Gasteiger partial charge in [0.25, 0.3) is 0 Å². The standard InChI is InChI=1S/C17H14F3N5OS/c1-11-4-2-3-5-14(11)25-16(22-23-24-25)27-10-15(26)21-13-8-6-12(7-9-13)17(18,19)20/h2-9H,10H2,1H3,(H,21,26). The van der Waals surface area contributed by atoms with Gasteiger partial charge in [0.2, 0.25) is 11.1 Å². The van der Waals surface area contributed by atoms with Crippen molar-refractivity contribution < 1.29 is 18.0 Å². The van der Waals surface area contributed by atoms with Gasteiger partial charge >= 0.3 is 6.18 Å². The number of amides is 1. The molecule has 0 spiro atoms. The van der Waals surface area contributed by atoms with Crippen molar-refractivity contribution in [3.05, 3.63) is 59.7 Å². The van der Waals surface area contributed by atoms with Crippen LogP contribution < -0.4 is 5.32 Å². The van der Waals surface area contributed by atoms with Crippen LogP contribution in [0.1, 0.15) is 11.1 Å². The first-order valence-corrected chi connectivity index (χ1v) is 8.77. The van der Waals surface area contributed by atoms with Crippen molar-refractivity contribution in [2.75, 3.05) is 11.1 Å². The topological polar surface area (TPSA) is 72.7 Å². The Balaban J connectivity index is 1.62. The van der Waals surface area contributed by atoms with E-state index >= 15 is 0 Å². The van der Waals surface area contributed by atoms with E-state index in [2.05, 4.69) is 20.8 Å². The van der Waals surface area contributed by atoms with E-state index in [0.717, 1.165) is 35.1 Å². The number of hydrogen-bond donors (Lipinski definition) is 1. The van der Waals surface area contributed by atoms with Crippen LogP contribution in [0.2, 0.25) is 0 Å². The van der Waals surface area contributed by atoms with Crippen LogP contribution in [-0.2, 0) is 11.0 Å². The largest absolute Gasteiger partial charge is 0.416 e. The van der Waals surface area contributed by atoms with E-state index in [-0.39, 0.29) is 17.3 Å². The summed E-state index contributed by atoms with van der Waals surface area (Å²) in [6, 6.07) is 11.8. The molecule has 0 aliphatic carbocycles. The number of anilines is 1. The molecule has 0 bridgehead atoms. The van der Waals surface area contributed by atoms with Gasteiger partial charge in [-0.2, -0.15) is 17.9 Å². The van der Waals surface area contributed by atoms with Gasteiger partial charge in [-0.15, -0.1) is 5.10 Å². The first-order chi connectivity index (χ1) is 12.8. The molecule has 1 aromatic heterocycles. The fourth-order valence-electron chi connectivity index (χ4n) is 2.29. The Hall–Kier alpha value is -2.88. The third-order valence-electron chi connectivity index (χ3n) is 3.61. The summed E-state index contributed by atoms with van der Waals surface area (Å²) in [6.45, 7) is 1.92. The third kappa shape index (κ3) is 4.64. The molecule has 0 saturated carbocycles. The number of alkyl halides is 3. The molecular weight excluding hydrogens is 379 g/mol. The zero-order valence-corrected chi connectivity index (χ0v) is 14.9. The van der Waals surface area contributed by atoms with Crippen LogP contribution >= 0.6 is 11.8 Å². The van der Waals surface area contributed by atoms with Gasteiger partial charge in [-0.25, -0.2) is 0 Å². The van der Waals surface area contributed by atoms with Crippen LogP contribution in [0.25, 0.3) is 5.69 Å². The summed E-state index contributed by atoms with van der Waals surface area (Å²) >= 11 is 1.13. The average Bonchev–Trinajstić information content (AvgIpc) is 3.08. The lowest BCUT2D eigenvalue weighted by Crippen LogP contribution is -2.15. The molecule has 140 valence electrons. The smallest absolute Gasteiger partial charge is 0.325 e. The van der Waals surface area contributed by atoms with E-state index in [1.807, 2.05) is 31.2 Å². The number of halogens is 3. The summed E-state index contributed by atoms with van der Waals surface area (Å²) in [6.07, 6.45) is -4.41. The van der Waals surface area contributed by atoms with Crippen molar-refractivity contribution in [2.45, 2.75) is 18.3 Å². The number of nitrogens with zero attached hydrogens (tertiary/aromatic N) is 4. The van der Waals surface area contributed by atoms with Crippen LogP contribution in [-0.4, -0.2) is 31.9 Å². The number of carbonyl (C=O) groups excluding carboxylic acids is 1. The number of tetrazole rings is 1. The minimum absolute atomic E-state index is 0.00722. The Morgan fingerprint density at radius 2 is 1.85 bits per heavy atom. The van der Waals surface area contributed by atoms with Crippen molar-refractivity contribution in [1.82, 2.24) is 20.2 Å². The van der Waals surface area contributed by atoms with E-state index in [1.54, 1.807) is 0 Å². The minimum atomic E-state index is -4.41. The molecule has 0 atom stereocenters. The SMILES string of the molecule is Cc1ccccc1-n1nnnc1SCC(=O)Nc1ccc(C(F)(F)F)cc1. The van der Waals surface area contributed by atoms with Crippen LogP contribution in [0.15, 0.2) is 53.7 Å². The summed E-state index contributed by atoms with van der Waals surface area (Å²) in [5.74, 6) is -0.369. The van der Waals surface area contributed by atoms with E-state index in [1.165, 1.54) is 16.8 Å². The number of thioether (sulfide) groups is 1. The molecular formula is C17H14F3N5OS. The Kier molecular flexibility index (Phi) is 5.45. The Bertz CT molecular complexity index is 940. The Morgan fingerprint density at radius 3 is 2.52 bits per heavy atom. The molecule has 0 saturated heterocycles. The number of aryl methyl sites for hydroxylation is 1. The first kappa shape index (κ1) is 18.9. The van der Waals surface area contributed by atoms with Gasteiger partial charge in [-0.1, -0.05) is 30.0 Å². The van der Waals surface area contributed by atoms with Gasteiger partial charge < -0.3 is 5.32 Å². The maximum absolute atomic E-state index is 12.6. The first-order valence-electron chi connectivity index (χ1n) is 7.79. The average molecular weight is 393 g/mol. The summed E-state index contributed by atoms with van der Waals surface area (Å²) in [5, 5.41) is 14.5. The molecule has 3 rings (SSSR count). The minimum Gasteiger partial charge on any atom is -0.325 e. The molecule has 0 aliphatic rings. The number of para-hydroxylation sites is 1. The summed E-state index contributed by atoms with van der Waals surface area (Å²) in [4.78, 5) is 12.1. The highest BCUT2D eigenvalue weighted by molar-refractivity contribution is 7.99. The van der Waals surface area contributed by atoms with Crippen molar-refractivity contribution >= 4 is 23.4 Å². The van der Waals surface area contributed by atoms with Gasteiger partial charge in [0.05, 0.1) is 17.0 Å². The third-order valence-corrected chi connectivity index (χ3v) is 4.53. The molecule has 6 nitrogen and oxygen atoms in total. The summed E-state index contributed by atoms with van der Waals surface area (Å²) in [5.41, 5.74) is 1.29. The lowest BCUT2D eigenvalue weighted by atomic mass is 10.2. The van der Waals surface area contributed by atoms with Crippen molar-refractivity contribution in [1.29, 1.82) is 0 Å². The van der Waals surface area contributed by atoms with E-state index in [0.29, 0.717) is 5.16 Å². The number of carbonyl (C=O) groups is 1. The Labute approximate surface area is 156 Å². The molecule has 0 unspecified atom stereocenters. The predicted octanol–water partition coefficient (Wildman–Crippen LogP) is 3.72. The molecule has 27 heavy (non-hydrogen) atoms. The number of benzene rings is 2. The van der Waals surface area contributed by atoms with E-state index in [9.17, 15) is 18.0 Å². The molecule has 10 heteroatoms. The number of hydrogen-bond acceptors (Lipinski definition) is 5. The quantitative estimate of drug-likeness (QED) is 0.669. The molecule has 0 fully saturated rings. The van der Waals surface area contributed by atoms with Crippen LogP contribution in [0, 0.1) is 6.92 Å². The van der Waals surface area contributed by atoms with Gasteiger partial charge in [0, 0.05) is 5.69 Å². The fourth-order valence-corrected chi connectivity index (χ4v) is 2.97. The zero-order valence-electron chi connectivity index (χ0n) is 14.1. The maximum Gasteiger partial charge on any atom is 0.416 e.